The first kappa shape index (κ1) is 22.2. The third kappa shape index (κ3) is 6.00. The van der Waals surface area contributed by atoms with Gasteiger partial charge in [0, 0.05) is 5.69 Å². The van der Waals surface area contributed by atoms with E-state index in [1.165, 1.54) is 18.2 Å². The van der Waals surface area contributed by atoms with Crippen molar-refractivity contribution in [2.24, 2.45) is 0 Å². The number of hydrogen-bond donors (Lipinski definition) is 1. The standard InChI is InChI=1S/C24H15ClN4O3/c25-22-6-1-16(12-23(22)32-21-10-17(14-27)9-18(11-21)15-28)13-24(30)29-19-2-4-20(5-3-19)31-8-7-26/h1-6,9-12H,8,13H2,(H,29,30). The molecule has 32 heavy (non-hydrogen) atoms. The van der Waals surface area contributed by atoms with Gasteiger partial charge in [0.25, 0.3) is 0 Å². The molecule has 3 rings (SSSR count). The van der Waals surface area contributed by atoms with E-state index in [0.717, 1.165) is 0 Å². The lowest BCUT2D eigenvalue weighted by molar-refractivity contribution is -0.115. The quantitative estimate of drug-likeness (QED) is 0.552. The van der Waals surface area contributed by atoms with E-state index in [4.69, 9.17) is 36.9 Å². The minimum Gasteiger partial charge on any atom is -0.479 e. The first-order chi connectivity index (χ1) is 15.5. The molecule has 1 N–H and O–H groups in total. The van der Waals surface area contributed by atoms with Crippen LogP contribution < -0.4 is 14.8 Å². The highest BCUT2D eigenvalue weighted by molar-refractivity contribution is 6.32. The van der Waals surface area contributed by atoms with Gasteiger partial charge >= 0.3 is 0 Å². The topological polar surface area (TPSA) is 119 Å². The lowest BCUT2D eigenvalue weighted by Crippen LogP contribution is -2.14. The van der Waals surface area contributed by atoms with Gasteiger partial charge in [-0.3, -0.25) is 4.79 Å². The summed E-state index contributed by atoms with van der Waals surface area (Å²) in [5, 5.41) is 29.9. The maximum absolute atomic E-state index is 12.4. The summed E-state index contributed by atoms with van der Waals surface area (Å²) in [6.45, 7) is -0.0503. The highest BCUT2D eigenvalue weighted by atomic mass is 35.5. The molecule has 3 aromatic carbocycles. The molecular weight excluding hydrogens is 428 g/mol. The molecule has 0 radical (unpaired) electrons. The van der Waals surface area contributed by atoms with Crippen molar-refractivity contribution in [3.63, 3.8) is 0 Å². The number of anilines is 1. The summed E-state index contributed by atoms with van der Waals surface area (Å²) in [5.41, 5.74) is 1.82. The maximum atomic E-state index is 12.4. The molecule has 0 aliphatic carbocycles. The van der Waals surface area contributed by atoms with Crippen molar-refractivity contribution < 1.29 is 14.3 Å². The van der Waals surface area contributed by atoms with Gasteiger partial charge in [-0.15, -0.1) is 0 Å². The molecule has 0 unspecified atom stereocenters. The summed E-state index contributed by atoms with van der Waals surface area (Å²) in [7, 11) is 0. The molecule has 0 heterocycles. The number of carbonyl (C=O) groups excluding carboxylic acids is 1. The van der Waals surface area contributed by atoms with Crippen molar-refractivity contribution in [2.75, 3.05) is 11.9 Å². The number of rotatable bonds is 7. The second-order valence-electron chi connectivity index (χ2n) is 6.53. The van der Waals surface area contributed by atoms with Crippen LogP contribution in [0.15, 0.2) is 60.7 Å². The van der Waals surface area contributed by atoms with Crippen LogP contribution in [0.4, 0.5) is 5.69 Å². The number of nitrogens with zero attached hydrogens (tertiary/aromatic N) is 3. The second kappa shape index (κ2) is 10.5. The predicted molar refractivity (Wildman–Crippen MR) is 117 cm³/mol. The lowest BCUT2D eigenvalue weighted by Gasteiger charge is -2.11. The minimum absolute atomic E-state index is 0.0503. The molecule has 0 bridgehead atoms. The molecule has 0 spiro atoms. The molecule has 0 saturated carbocycles. The van der Waals surface area contributed by atoms with Crippen molar-refractivity contribution in [1.29, 1.82) is 15.8 Å². The Kier molecular flexibility index (Phi) is 7.28. The van der Waals surface area contributed by atoms with Crippen LogP contribution in [0.2, 0.25) is 5.02 Å². The number of amides is 1. The van der Waals surface area contributed by atoms with Gasteiger partial charge in [-0.05, 0) is 60.2 Å². The Morgan fingerprint density at radius 2 is 1.59 bits per heavy atom. The lowest BCUT2D eigenvalue weighted by atomic mass is 10.1. The van der Waals surface area contributed by atoms with Crippen LogP contribution in [-0.2, 0) is 11.2 Å². The summed E-state index contributed by atoms with van der Waals surface area (Å²) < 4.78 is 11.0. The molecular formula is C24H15ClN4O3. The van der Waals surface area contributed by atoms with Crippen molar-refractivity contribution in [3.05, 3.63) is 82.4 Å². The van der Waals surface area contributed by atoms with E-state index in [1.54, 1.807) is 42.5 Å². The van der Waals surface area contributed by atoms with Crippen LogP contribution in [0.3, 0.4) is 0 Å². The average Bonchev–Trinajstić information content (AvgIpc) is 2.80. The van der Waals surface area contributed by atoms with Crippen molar-refractivity contribution >= 4 is 23.2 Å². The van der Waals surface area contributed by atoms with E-state index in [0.29, 0.717) is 33.5 Å². The summed E-state index contributed by atoms with van der Waals surface area (Å²) in [5.74, 6) is 0.879. The first-order valence-corrected chi connectivity index (χ1v) is 9.70. The van der Waals surface area contributed by atoms with Crippen LogP contribution in [0.1, 0.15) is 16.7 Å². The fourth-order valence-electron chi connectivity index (χ4n) is 2.79. The van der Waals surface area contributed by atoms with Gasteiger partial charge in [-0.1, -0.05) is 17.7 Å². The Morgan fingerprint density at radius 1 is 0.906 bits per heavy atom. The molecule has 0 aliphatic rings. The second-order valence-corrected chi connectivity index (χ2v) is 6.94. The number of hydrogen-bond acceptors (Lipinski definition) is 6. The van der Waals surface area contributed by atoms with E-state index in [1.807, 2.05) is 18.2 Å². The zero-order valence-electron chi connectivity index (χ0n) is 16.6. The Hall–Kier alpha value is -4.51. The van der Waals surface area contributed by atoms with E-state index >= 15 is 0 Å². The summed E-state index contributed by atoms with van der Waals surface area (Å²) in [6, 6.07) is 21.9. The molecule has 0 aliphatic heterocycles. The van der Waals surface area contributed by atoms with E-state index in [2.05, 4.69) is 5.32 Å². The third-order valence-corrected chi connectivity index (χ3v) is 4.51. The molecule has 7 nitrogen and oxygen atoms in total. The molecule has 8 heteroatoms. The Morgan fingerprint density at radius 3 is 2.22 bits per heavy atom. The number of carbonyl (C=O) groups is 1. The average molecular weight is 443 g/mol. The van der Waals surface area contributed by atoms with Crippen molar-refractivity contribution in [2.45, 2.75) is 6.42 Å². The molecule has 156 valence electrons. The van der Waals surface area contributed by atoms with Crippen LogP contribution in [0, 0.1) is 34.0 Å². The van der Waals surface area contributed by atoms with Gasteiger partial charge in [-0.2, -0.15) is 15.8 Å². The zero-order valence-corrected chi connectivity index (χ0v) is 17.4. The van der Waals surface area contributed by atoms with Crippen LogP contribution in [0.25, 0.3) is 0 Å². The van der Waals surface area contributed by atoms with Gasteiger partial charge in [0.2, 0.25) is 5.91 Å². The highest BCUT2D eigenvalue weighted by Crippen LogP contribution is 2.31. The summed E-state index contributed by atoms with van der Waals surface area (Å²) >= 11 is 6.22. The normalized spacial score (nSPS) is 9.69. The van der Waals surface area contributed by atoms with Crippen LogP contribution >= 0.6 is 11.6 Å². The van der Waals surface area contributed by atoms with Crippen molar-refractivity contribution in [3.8, 4) is 35.5 Å². The Bertz CT molecular complexity index is 1240. The monoisotopic (exact) mass is 442 g/mol. The third-order valence-electron chi connectivity index (χ3n) is 4.19. The fraction of sp³-hybridized carbons (Fsp3) is 0.0833. The number of nitriles is 3. The van der Waals surface area contributed by atoms with E-state index in [-0.39, 0.29) is 30.1 Å². The van der Waals surface area contributed by atoms with E-state index in [9.17, 15) is 4.79 Å². The molecule has 1 amide bonds. The maximum Gasteiger partial charge on any atom is 0.228 e. The molecule has 3 aromatic rings. The van der Waals surface area contributed by atoms with Gasteiger partial charge in [0.05, 0.1) is 34.7 Å². The number of nitrogens with one attached hydrogen (secondary N) is 1. The smallest absolute Gasteiger partial charge is 0.228 e. The summed E-state index contributed by atoms with van der Waals surface area (Å²) in [4.78, 5) is 12.4. The van der Waals surface area contributed by atoms with Crippen molar-refractivity contribution in [1.82, 2.24) is 0 Å². The largest absolute Gasteiger partial charge is 0.479 e. The Balaban J connectivity index is 1.69. The van der Waals surface area contributed by atoms with Gasteiger partial charge < -0.3 is 14.8 Å². The van der Waals surface area contributed by atoms with Gasteiger partial charge in [-0.25, -0.2) is 0 Å². The number of halogens is 1. The SMILES string of the molecule is N#CCOc1ccc(NC(=O)Cc2ccc(Cl)c(Oc3cc(C#N)cc(C#N)c3)c2)cc1. The molecule has 0 atom stereocenters. The first-order valence-electron chi connectivity index (χ1n) is 9.32. The Labute approximate surface area is 189 Å². The molecule has 0 saturated heterocycles. The van der Waals surface area contributed by atoms with Crippen LogP contribution in [0.5, 0.6) is 17.2 Å². The summed E-state index contributed by atoms with van der Waals surface area (Å²) in [6.07, 6.45) is 0.0713. The zero-order chi connectivity index (χ0) is 22.9. The number of ether oxygens (including phenoxy) is 2. The fourth-order valence-corrected chi connectivity index (χ4v) is 2.95. The van der Waals surface area contributed by atoms with E-state index < -0.39 is 0 Å². The van der Waals surface area contributed by atoms with Crippen LogP contribution in [-0.4, -0.2) is 12.5 Å². The molecule has 0 aromatic heterocycles. The highest BCUT2D eigenvalue weighted by Gasteiger charge is 2.10. The number of benzene rings is 3. The predicted octanol–water partition coefficient (Wildman–Crippen LogP) is 4.96. The molecule has 0 fully saturated rings. The van der Waals surface area contributed by atoms with Gasteiger partial charge in [0.15, 0.2) is 6.61 Å². The minimum atomic E-state index is -0.248. The van der Waals surface area contributed by atoms with Gasteiger partial charge in [0.1, 0.15) is 23.3 Å².